The van der Waals surface area contributed by atoms with Gasteiger partial charge in [0.15, 0.2) is 5.69 Å². The predicted molar refractivity (Wildman–Crippen MR) is 133 cm³/mol. The number of carbonyl (C=O) groups excluding carboxylic acids is 3. The lowest BCUT2D eigenvalue weighted by Crippen LogP contribution is -2.62. The number of likely N-dealkylation sites (tertiary alicyclic amines) is 1. The van der Waals surface area contributed by atoms with Crippen LogP contribution in [0.2, 0.25) is 0 Å². The molecule has 0 unspecified atom stereocenters. The van der Waals surface area contributed by atoms with Crippen molar-refractivity contribution in [2.24, 2.45) is 0 Å². The van der Waals surface area contributed by atoms with Gasteiger partial charge in [0.25, 0.3) is 11.8 Å². The van der Waals surface area contributed by atoms with E-state index in [0.29, 0.717) is 18.8 Å². The fourth-order valence-corrected chi connectivity index (χ4v) is 4.76. The number of fused-ring (bicyclic) bond motifs is 1. The van der Waals surface area contributed by atoms with Crippen LogP contribution in [0.3, 0.4) is 0 Å². The Morgan fingerprint density at radius 1 is 1.06 bits per heavy atom. The highest BCUT2D eigenvalue weighted by atomic mass is 16.2. The molecular formula is C26H36N6O3. The largest absolute Gasteiger partial charge is 0.351 e. The average Bonchev–Trinajstić information content (AvgIpc) is 3.11. The fourth-order valence-electron chi connectivity index (χ4n) is 4.76. The van der Waals surface area contributed by atoms with E-state index in [4.69, 9.17) is 0 Å². The summed E-state index contributed by atoms with van der Waals surface area (Å²) in [5, 5.41) is 10.2. The molecule has 3 heterocycles. The molecule has 2 aliphatic rings. The van der Waals surface area contributed by atoms with Crippen LogP contribution in [-0.4, -0.2) is 76.1 Å². The van der Waals surface area contributed by atoms with Gasteiger partial charge in [-0.2, -0.15) is 5.10 Å². The second-order valence-corrected chi connectivity index (χ2v) is 9.74. The number of hydrogen-bond acceptors (Lipinski definition) is 5. The molecular weight excluding hydrogens is 444 g/mol. The number of nitrogens with zero attached hydrogens (tertiary/aromatic N) is 4. The molecule has 2 N–H and O–H groups in total. The van der Waals surface area contributed by atoms with Gasteiger partial charge < -0.3 is 20.4 Å². The summed E-state index contributed by atoms with van der Waals surface area (Å²) in [4.78, 5) is 42.8. The van der Waals surface area contributed by atoms with E-state index < -0.39 is 5.54 Å². The van der Waals surface area contributed by atoms with Crippen molar-refractivity contribution in [1.29, 1.82) is 0 Å². The van der Waals surface area contributed by atoms with Gasteiger partial charge in [-0.1, -0.05) is 43.2 Å². The molecule has 35 heavy (non-hydrogen) atoms. The Kier molecular flexibility index (Phi) is 7.85. The number of amides is 3. The number of likely N-dealkylation sites (N-methyl/N-ethyl adjacent to an activating group) is 1. The van der Waals surface area contributed by atoms with E-state index >= 15 is 0 Å². The first-order valence-corrected chi connectivity index (χ1v) is 12.6. The van der Waals surface area contributed by atoms with Crippen LogP contribution in [0.15, 0.2) is 36.4 Å². The molecule has 1 aromatic heterocycles. The van der Waals surface area contributed by atoms with E-state index in [1.54, 1.807) is 14.0 Å². The molecule has 2 aromatic rings. The van der Waals surface area contributed by atoms with E-state index in [-0.39, 0.29) is 30.0 Å². The number of aromatic nitrogens is 2. The number of hydrogen-bond donors (Lipinski definition) is 2. The van der Waals surface area contributed by atoms with E-state index in [9.17, 15) is 14.4 Å². The van der Waals surface area contributed by atoms with Gasteiger partial charge in [0.05, 0.1) is 6.54 Å². The molecule has 0 spiro atoms. The Hall–Kier alpha value is -3.20. The molecule has 0 radical (unpaired) electrons. The van der Waals surface area contributed by atoms with Crippen LogP contribution >= 0.6 is 0 Å². The molecule has 9 heteroatoms. The molecule has 0 saturated carbocycles. The second-order valence-electron chi connectivity index (χ2n) is 9.74. The maximum absolute atomic E-state index is 13.1. The number of benzene rings is 1. The van der Waals surface area contributed by atoms with Crippen molar-refractivity contribution in [1.82, 2.24) is 30.2 Å². The van der Waals surface area contributed by atoms with Gasteiger partial charge in [0.2, 0.25) is 5.91 Å². The highest BCUT2D eigenvalue weighted by Gasteiger charge is 2.46. The van der Waals surface area contributed by atoms with E-state index in [1.807, 2.05) is 30.3 Å². The van der Waals surface area contributed by atoms with E-state index in [2.05, 4.69) is 20.6 Å². The highest BCUT2D eigenvalue weighted by Crippen LogP contribution is 2.26. The molecule has 1 aromatic carbocycles. The van der Waals surface area contributed by atoms with Crippen LogP contribution in [0.5, 0.6) is 0 Å². The third-order valence-corrected chi connectivity index (χ3v) is 7.15. The third-order valence-electron chi connectivity index (χ3n) is 7.15. The van der Waals surface area contributed by atoms with Crippen molar-refractivity contribution in [2.45, 2.75) is 57.7 Å². The second kappa shape index (κ2) is 11.0. The number of rotatable bonds is 8. The monoisotopic (exact) mass is 480 g/mol. The first kappa shape index (κ1) is 24.9. The van der Waals surface area contributed by atoms with Gasteiger partial charge in [-0.3, -0.25) is 19.1 Å². The quantitative estimate of drug-likeness (QED) is 0.564. The Bertz CT molecular complexity index is 1040. The smallest absolute Gasteiger partial charge is 0.272 e. The normalized spacial score (nSPS) is 20.7. The zero-order valence-corrected chi connectivity index (χ0v) is 20.8. The van der Waals surface area contributed by atoms with Gasteiger partial charge >= 0.3 is 0 Å². The molecule has 1 atom stereocenters. The summed E-state index contributed by atoms with van der Waals surface area (Å²) in [6, 6.07) is 11.1. The summed E-state index contributed by atoms with van der Waals surface area (Å²) in [6.45, 7) is 6.06. The lowest BCUT2D eigenvalue weighted by atomic mass is 9.96. The topological polar surface area (TPSA) is 99.6 Å². The van der Waals surface area contributed by atoms with Crippen molar-refractivity contribution < 1.29 is 14.4 Å². The molecule has 4 rings (SSSR count). The van der Waals surface area contributed by atoms with Crippen molar-refractivity contribution >= 4 is 17.7 Å². The minimum Gasteiger partial charge on any atom is -0.351 e. The Morgan fingerprint density at radius 2 is 1.77 bits per heavy atom. The lowest BCUT2D eigenvalue weighted by Gasteiger charge is -2.40. The molecule has 1 fully saturated rings. The Labute approximate surface area is 206 Å². The number of carbonyl (C=O) groups is 3. The summed E-state index contributed by atoms with van der Waals surface area (Å²) < 4.78 is 1.48. The molecule has 0 bridgehead atoms. The van der Waals surface area contributed by atoms with Gasteiger partial charge in [-0.25, -0.2) is 0 Å². The Balaban J connectivity index is 1.34. The van der Waals surface area contributed by atoms with Gasteiger partial charge in [-0.05, 0) is 51.4 Å². The highest BCUT2D eigenvalue weighted by molar-refractivity contribution is 6.01. The minimum atomic E-state index is -1.12. The standard InChI is InChI=1S/C26H36N6O3/c1-26(25(35)28-18-20-11-6-5-7-12-20)19-32-22(24(34)30(26)2)17-21(29-32)23(33)27-13-10-16-31-14-8-3-4-9-15-31/h5-7,11-12,17H,3-4,8-10,13-16,18-19H2,1-2H3,(H,27,33)(H,28,35)/t26-/m1/s1. The van der Waals surface area contributed by atoms with Crippen molar-refractivity contribution in [3.8, 4) is 0 Å². The van der Waals surface area contributed by atoms with Gasteiger partial charge in [0.1, 0.15) is 11.2 Å². The van der Waals surface area contributed by atoms with Crippen LogP contribution in [-0.2, 0) is 17.9 Å². The van der Waals surface area contributed by atoms with Crippen LogP contribution in [0, 0.1) is 0 Å². The zero-order chi connectivity index (χ0) is 24.8. The SMILES string of the molecule is CN1C(=O)c2cc(C(=O)NCCCN3CCCCCC3)nn2C[C@]1(C)C(=O)NCc1ccccc1. The first-order chi connectivity index (χ1) is 16.9. The molecule has 0 aliphatic carbocycles. The molecule has 2 aliphatic heterocycles. The summed E-state index contributed by atoms with van der Waals surface area (Å²) in [5.41, 5.74) is 0.371. The van der Waals surface area contributed by atoms with Crippen LogP contribution in [0.1, 0.15) is 65.6 Å². The average molecular weight is 481 g/mol. The van der Waals surface area contributed by atoms with Crippen molar-refractivity contribution in [3.05, 3.63) is 53.3 Å². The maximum Gasteiger partial charge on any atom is 0.272 e. The maximum atomic E-state index is 13.1. The molecule has 188 valence electrons. The van der Waals surface area contributed by atoms with Crippen LogP contribution in [0.4, 0.5) is 0 Å². The predicted octanol–water partition coefficient (Wildman–Crippen LogP) is 2.04. The number of nitrogens with one attached hydrogen (secondary N) is 2. The molecule has 9 nitrogen and oxygen atoms in total. The fraction of sp³-hybridized carbons (Fsp3) is 0.538. The van der Waals surface area contributed by atoms with Gasteiger partial charge in [0, 0.05) is 26.2 Å². The van der Waals surface area contributed by atoms with Crippen molar-refractivity contribution in [3.63, 3.8) is 0 Å². The summed E-state index contributed by atoms with van der Waals surface area (Å²) in [7, 11) is 1.61. The van der Waals surface area contributed by atoms with Crippen LogP contribution in [0.25, 0.3) is 0 Å². The first-order valence-electron chi connectivity index (χ1n) is 12.6. The summed E-state index contributed by atoms with van der Waals surface area (Å²) >= 11 is 0. The summed E-state index contributed by atoms with van der Waals surface area (Å²) in [5.74, 6) is -0.896. The summed E-state index contributed by atoms with van der Waals surface area (Å²) in [6.07, 6.45) is 5.98. The van der Waals surface area contributed by atoms with Crippen LogP contribution < -0.4 is 10.6 Å². The van der Waals surface area contributed by atoms with E-state index in [0.717, 1.165) is 31.6 Å². The molecule has 3 amide bonds. The minimum absolute atomic E-state index is 0.174. The lowest BCUT2D eigenvalue weighted by molar-refractivity contribution is -0.132. The third kappa shape index (κ3) is 5.73. The molecule has 1 saturated heterocycles. The van der Waals surface area contributed by atoms with Crippen molar-refractivity contribution in [2.75, 3.05) is 33.2 Å². The Morgan fingerprint density at radius 3 is 2.49 bits per heavy atom. The zero-order valence-electron chi connectivity index (χ0n) is 20.8. The van der Waals surface area contributed by atoms with Gasteiger partial charge in [-0.15, -0.1) is 0 Å². The van der Waals surface area contributed by atoms with E-state index in [1.165, 1.54) is 41.3 Å².